The Morgan fingerprint density at radius 3 is 2.79 bits per heavy atom. The third-order valence-corrected chi connectivity index (χ3v) is 3.69. The Morgan fingerprint density at radius 2 is 2.05 bits per heavy atom. The van der Waals surface area contributed by atoms with E-state index in [0.29, 0.717) is 19.2 Å². The highest BCUT2D eigenvalue weighted by atomic mass is 19.1. The smallest absolute Gasteiger partial charge is 0.191 e. The van der Waals surface area contributed by atoms with Crippen LogP contribution in [0.3, 0.4) is 0 Å². The minimum Gasteiger partial charge on any atom is -0.378 e. The number of guanidine groups is 1. The zero-order valence-corrected chi connectivity index (χ0v) is 10.8. The van der Waals surface area contributed by atoms with Crippen molar-refractivity contribution in [2.24, 2.45) is 10.7 Å². The third-order valence-electron chi connectivity index (χ3n) is 3.69. The van der Waals surface area contributed by atoms with E-state index in [1.807, 2.05) is 17.0 Å². The van der Waals surface area contributed by atoms with Crippen LogP contribution in [0.4, 0.5) is 4.39 Å². The van der Waals surface area contributed by atoms with Crippen molar-refractivity contribution in [1.82, 2.24) is 4.90 Å². The lowest BCUT2D eigenvalue weighted by Crippen LogP contribution is -2.45. The van der Waals surface area contributed by atoms with E-state index in [1.54, 1.807) is 6.07 Å². The Balaban J connectivity index is 1.65. The summed E-state index contributed by atoms with van der Waals surface area (Å²) in [6, 6.07) is 7.03. The Bertz CT molecular complexity index is 485. The van der Waals surface area contributed by atoms with Gasteiger partial charge in [-0.15, -0.1) is 0 Å². The van der Waals surface area contributed by atoms with Crippen LogP contribution in [-0.2, 0) is 4.74 Å². The Kier molecular flexibility index (Phi) is 3.38. The summed E-state index contributed by atoms with van der Waals surface area (Å²) in [5.41, 5.74) is 6.75. The number of morpholine rings is 1. The van der Waals surface area contributed by atoms with Gasteiger partial charge in [0.15, 0.2) is 5.96 Å². The average Bonchev–Trinajstić information content (AvgIpc) is 3.19. The molecular formula is C14H18FN3O. The molecule has 1 heterocycles. The average molecular weight is 263 g/mol. The maximum Gasteiger partial charge on any atom is 0.191 e. The van der Waals surface area contributed by atoms with Crippen LogP contribution < -0.4 is 5.73 Å². The van der Waals surface area contributed by atoms with Crippen LogP contribution >= 0.6 is 0 Å². The van der Waals surface area contributed by atoms with Crippen molar-refractivity contribution >= 4 is 5.96 Å². The molecule has 1 aliphatic carbocycles. The first-order chi connectivity index (χ1) is 9.25. The number of nitrogens with zero attached hydrogens (tertiary/aromatic N) is 2. The highest BCUT2D eigenvalue weighted by molar-refractivity contribution is 5.78. The van der Waals surface area contributed by atoms with Crippen molar-refractivity contribution in [3.63, 3.8) is 0 Å². The molecule has 19 heavy (non-hydrogen) atoms. The van der Waals surface area contributed by atoms with E-state index in [-0.39, 0.29) is 17.8 Å². The molecule has 2 unspecified atom stereocenters. The molecule has 0 aromatic heterocycles. The number of aliphatic imine (C=N–C) groups is 1. The molecule has 0 amide bonds. The first kappa shape index (κ1) is 12.4. The molecule has 4 nitrogen and oxygen atoms in total. The molecule has 1 aromatic rings. The zero-order valence-electron chi connectivity index (χ0n) is 10.8. The van der Waals surface area contributed by atoms with Gasteiger partial charge in [-0.3, -0.25) is 0 Å². The van der Waals surface area contributed by atoms with Crippen LogP contribution in [0.25, 0.3) is 0 Å². The van der Waals surface area contributed by atoms with E-state index in [9.17, 15) is 4.39 Å². The van der Waals surface area contributed by atoms with Crippen LogP contribution in [0.5, 0.6) is 0 Å². The molecule has 2 fully saturated rings. The summed E-state index contributed by atoms with van der Waals surface area (Å²) < 4.78 is 18.9. The lowest BCUT2D eigenvalue weighted by atomic mass is 10.1. The van der Waals surface area contributed by atoms with Crippen LogP contribution in [0, 0.1) is 5.82 Å². The van der Waals surface area contributed by atoms with Crippen LogP contribution in [0.1, 0.15) is 17.9 Å². The third kappa shape index (κ3) is 2.71. The molecule has 5 heteroatoms. The molecule has 3 rings (SSSR count). The number of hydrogen-bond acceptors (Lipinski definition) is 2. The second-order valence-corrected chi connectivity index (χ2v) is 5.02. The topological polar surface area (TPSA) is 50.8 Å². The molecular weight excluding hydrogens is 245 g/mol. The monoisotopic (exact) mass is 263 g/mol. The van der Waals surface area contributed by atoms with E-state index in [2.05, 4.69) is 4.99 Å². The number of ether oxygens (including phenoxy) is 1. The normalized spacial score (nSPS) is 27.4. The quantitative estimate of drug-likeness (QED) is 0.647. The van der Waals surface area contributed by atoms with Crippen molar-refractivity contribution in [1.29, 1.82) is 0 Å². The van der Waals surface area contributed by atoms with Crippen LogP contribution in [-0.4, -0.2) is 43.2 Å². The van der Waals surface area contributed by atoms with E-state index in [4.69, 9.17) is 10.5 Å². The van der Waals surface area contributed by atoms with E-state index in [1.165, 1.54) is 6.07 Å². The first-order valence-corrected chi connectivity index (χ1v) is 6.66. The fourth-order valence-electron chi connectivity index (χ4n) is 2.48. The largest absolute Gasteiger partial charge is 0.378 e. The van der Waals surface area contributed by atoms with Gasteiger partial charge < -0.3 is 15.4 Å². The number of benzene rings is 1. The van der Waals surface area contributed by atoms with E-state index < -0.39 is 0 Å². The predicted octanol–water partition coefficient (Wildman–Crippen LogP) is 1.33. The fraction of sp³-hybridized carbons (Fsp3) is 0.500. The molecule has 0 spiro atoms. The van der Waals surface area contributed by atoms with Gasteiger partial charge in [0.1, 0.15) is 5.82 Å². The van der Waals surface area contributed by atoms with Gasteiger partial charge in [-0.2, -0.15) is 0 Å². The second kappa shape index (κ2) is 5.17. The minimum absolute atomic E-state index is 0.125. The van der Waals surface area contributed by atoms with Gasteiger partial charge in [-0.05, 0) is 18.1 Å². The Morgan fingerprint density at radius 1 is 1.32 bits per heavy atom. The van der Waals surface area contributed by atoms with Gasteiger partial charge in [-0.1, -0.05) is 18.2 Å². The van der Waals surface area contributed by atoms with Crippen molar-refractivity contribution in [2.45, 2.75) is 18.4 Å². The van der Waals surface area contributed by atoms with Gasteiger partial charge in [0.05, 0.1) is 19.3 Å². The van der Waals surface area contributed by atoms with Crippen molar-refractivity contribution in [3.8, 4) is 0 Å². The molecule has 2 atom stereocenters. The standard InChI is InChI=1S/C14H18FN3O/c15-12-4-2-1-3-10(12)11-9-13(11)17-14(16)18-5-7-19-8-6-18/h1-4,11,13H,5-9H2,(H2,16,17). The first-order valence-electron chi connectivity index (χ1n) is 6.66. The highest BCUT2D eigenvalue weighted by Gasteiger charge is 2.40. The number of nitrogens with two attached hydrogens (primary N) is 1. The van der Waals surface area contributed by atoms with Gasteiger partial charge in [-0.25, -0.2) is 9.38 Å². The number of hydrogen-bond donors (Lipinski definition) is 1. The molecule has 0 bridgehead atoms. The summed E-state index contributed by atoms with van der Waals surface area (Å²) in [5.74, 6) is 0.600. The molecule has 1 saturated heterocycles. The molecule has 102 valence electrons. The summed E-state index contributed by atoms with van der Waals surface area (Å²) in [7, 11) is 0. The predicted molar refractivity (Wildman–Crippen MR) is 71.6 cm³/mol. The number of rotatable bonds is 2. The molecule has 1 saturated carbocycles. The number of halogens is 1. The van der Waals surface area contributed by atoms with Crippen molar-refractivity contribution < 1.29 is 9.13 Å². The Labute approximate surface area is 112 Å². The van der Waals surface area contributed by atoms with Crippen molar-refractivity contribution in [3.05, 3.63) is 35.6 Å². The zero-order chi connectivity index (χ0) is 13.2. The summed E-state index contributed by atoms with van der Waals surface area (Å²) in [4.78, 5) is 6.54. The molecule has 1 aliphatic heterocycles. The molecule has 0 radical (unpaired) electrons. The van der Waals surface area contributed by atoms with Crippen LogP contribution in [0.2, 0.25) is 0 Å². The summed E-state index contributed by atoms with van der Waals surface area (Å²) in [6.07, 6.45) is 0.881. The highest BCUT2D eigenvalue weighted by Crippen LogP contribution is 2.44. The summed E-state index contributed by atoms with van der Waals surface area (Å²) >= 11 is 0. The molecule has 2 aliphatic rings. The summed E-state index contributed by atoms with van der Waals surface area (Å²) in [6.45, 7) is 2.95. The lowest BCUT2D eigenvalue weighted by Gasteiger charge is -2.27. The summed E-state index contributed by atoms with van der Waals surface area (Å²) in [5, 5.41) is 0. The molecule has 2 N–H and O–H groups in total. The van der Waals surface area contributed by atoms with Gasteiger partial charge >= 0.3 is 0 Å². The maximum atomic E-state index is 13.6. The second-order valence-electron chi connectivity index (χ2n) is 5.02. The fourth-order valence-corrected chi connectivity index (χ4v) is 2.48. The Hall–Kier alpha value is -1.62. The van der Waals surface area contributed by atoms with Gasteiger partial charge in [0.25, 0.3) is 0 Å². The maximum absolute atomic E-state index is 13.6. The SMILES string of the molecule is NC(=NC1CC1c1ccccc1F)N1CCOCC1. The van der Waals surface area contributed by atoms with Crippen LogP contribution in [0.15, 0.2) is 29.3 Å². The minimum atomic E-state index is -0.143. The van der Waals surface area contributed by atoms with Gasteiger partial charge in [0, 0.05) is 19.0 Å². The van der Waals surface area contributed by atoms with Crippen molar-refractivity contribution in [2.75, 3.05) is 26.3 Å². The molecule has 1 aromatic carbocycles. The van der Waals surface area contributed by atoms with E-state index >= 15 is 0 Å². The van der Waals surface area contributed by atoms with E-state index in [0.717, 1.165) is 25.1 Å². The van der Waals surface area contributed by atoms with Gasteiger partial charge in [0.2, 0.25) is 0 Å². The lowest BCUT2D eigenvalue weighted by molar-refractivity contribution is 0.0674.